The molecule has 0 amide bonds. The summed E-state index contributed by atoms with van der Waals surface area (Å²) in [5.41, 5.74) is 1.50. The van der Waals surface area contributed by atoms with Crippen LogP contribution < -0.4 is 0 Å². The Morgan fingerprint density at radius 2 is 2.05 bits per heavy atom. The molecule has 0 aliphatic rings. The van der Waals surface area contributed by atoms with Crippen LogP contribution in [0.25, 0.3) is 16.6 Å². The van der Waals surface area contributed by atoms with E-state index in [1.165, 1.54) is 12.4 Å². The average molecular weight is 319 g/mol. The minimum Gasteiger partial charge on any atom is -0.478 e. The molecule has 0 saturated carbocycles. The summed E-state index contributed by atoms with van der Waals surface area (Å²) >= 11 is 3.26. The van der Waals surface area contributed by atoms with E-state index in [2.05, 4.69) is 31.0 Å². The third-order valence-corrected chi connectivity index (χ3v) is 3.15. The second-order valence-corrected chi connectivity index (χ2v) is 4.63. The van der Waals surface area contributed by atoms with Crippen molar-refractivity contribution in [3.05, 3.63) is 47.1 Å². The van der Waals surface area contributed by atoms with Crippen LogP contribution in [0, 0.1) is 0 Å². The van der Waals surface area contributed by atoms with Crippen molar-refractivity contribution in [1.29, 1.82) is 0 Å². The lowest BCUT2D eigenvalue weighted by Crippen LogP contribution is -2.00. The van der Waals surface area contributed by atoms with Gasteiger partial charge in [0.2, 0.25) is 0 Å². The van der Waals surface area contributed by atoms with Crippen LogP contribution in [0.15, 0.2) is 41.5 Å². The molecule has 0 aliphatic carbocycles. The lowest BCUT2D eigenvalue weighted by molar-refractivity contribution is 0.0698. The lowest BCUT2D eigenvalue weighted by Gasteiger charge is -2.03. The van der Waals surface area contributed by atoms with Crippen molar-refractivity contribution in [2.75, 3.05) is 0 Å². The minimum atomic E-state index is -1.02. The van der Waals surface area contributed by atoms with E-state index in [-0.39, 0.29) is 5.56 Å². The van der Waals surface area contributed by atoms with Gasteiger partial charge in [-0.3, -0.25) is 4.98 Å². The summed E-state index contributed by atoms with van der Waals surface area (Å²) in [6.45, 7) is 0. The van der Waals surface area contributed by atoms with Crippen LogP contribution in [0.1, 0.15) is 10.4 Å². The molecule has 0 spiro atoms. The first-order valence-electron chi connectivity index (χ1n) is 5.34. The molecule has 3 heterocycles. The molecule has 3 aromatic heterocycles. The first-order valence-corrected chi connectivity index (χ1v) is 6.13. The Hall–Kier alpha value is -2.28. The molecule has 0 atom stereocenters. The number of hydrogen-bond acceptors (Lipinski definition) is 4. The number of aromatic nitrogens is 4. The van der Waals surface area contributed by atoms with E-state index in [4.69, 9.17) is 5.11 Å². The number of aromatic carboxylic acids is 1. The Bertz CT molecular complexity index is 767. The van der Waals surface area contributed by atoms with Crippen LogP contribution in [0.3, 0.4) is 0 Å². The van der Waals surface area contributed by atoms with E-state index in [0.717, 1.165) is 10.3 Å². The molecule has 0 saturated heterocycles. The van der Waals surface area contributed by atoms with Crippen LogP contribution in [0.2, 0.25) is 0 Å². The molecule has 6 nitrogen and oxygen atoms in total. The second-order valence-electron chi connectivity index (χ2n) is 3.82. The van der Waals surface area contributed by atoms with Gasteiger partial charge < -0.3 is 5.11 Å². The number of carboxylic acid groups (broad SMARTS) is 1. The molecule has 0 radical (unpaired) electrons. The molecule has 3 rings (SSSR count). The van der Waals surface area contributed by atoms with Gasteiger partial charge in [-0.05, 0) is 28.1 Å². The Kier molecular flexibility index (Phi) is 2.75. The Balaban J connectivity index is 2.24. The molecule has 0 unspecified atom stereocenters. The fourth-order valence-corrected chi connectivity index (χ4v) is 2.05. The van der Waals surface area contributed by atoms with Gasteiger partial charge in [0.05, 0.1) is 35.4 Å². The highest BCUT2D eigenvalue weighted by atomic mass is 79.9. The van der Waals surface area contributed by atoms with Crippen LogP contribution in [0.5, 0.6) is 0 Å². The second kappa shape index (κ2) is 4.43. The summed E-state index contributed by atoms with van der Waals surface area (Å²) in [7, 11) is 0. The van der Waals surface area contributed by atoms with Gasteiger partial charge in [0.1, 0.15) is 4.60 Å². The number of fused-ring (bicyclic) bond motifs is 1. The summed E-state index contributed by atoms with van der Waals surface area (Å²) < 4.78 is 2.32. The monoisotopic (exact) mass is 318 g/mol. The van der Waals surface area contributed by atoms with Crippen molar-refractivity contribution in [3.8, 4) is 5.69 Å². The van der Waals surface area contributed by atoms with Gasteiger partial charge in [-0.1, -0.05) is 0 Å². The van der Waals surface area contributed by atoms with E-state index < -0.39 is 5.97 Å². The molecule has 0 aliphatic heterocycles. The van der Waals surface area contributed by atoms with Crippen molar-refractivity contribution in [1.82, 2.24) is 19.7 Å². The van der Waals surface area contributed by atoms with Gasteiger partial charge >= 0.3 is 5.97 Å². The van der Waals surface area contributed by atoms with Crippen LogP contribution >= 0.6 is 15.9 Å². The number of carbonyl (C=O) groups is 1. The Labute approximate surface area is 115 Å². The molecule has 0 aromatic carbocycles. The highest BCUT2D eigenvalue weighted by Gasteiger charge is 2.13. The van der Waals surface area contributed by atoms with Crippen molar-refractivity contribution >= 4 is 32.8 Å². The first kappa shape index (κ1) is 11.8. The van der Waals surface area contributed by atoms with E-state index in [1.807, 2.05) is 6.07 Å². The molecule has 1 N–H and O–H groups in total. The third-order valence-electron chi connectivity index (χ3n) is 2.68. The van der Waals surface area contributed by atoms with Gasteiger partial charge in [0, 0.05) is 11.6 Å². The van der Waals surface area contributed by atoms with E-state index in [0.29, 0.717) is 10.9 Å². The number of carboxylic acids is 1. The van der Waals surface area contributed by atoms with E-state index in [1.54, 1.807) is 23.1 Å². The van der Waals surface area contributed by atoms with Gasteiger partial charge in [-0.2, -0.15) is 5.10 Å². The number of rotatable bonds is 2. The third kappa shape index (κ3) is 1.97. The first-order chi connectivity index (χ1) is 9.16. The largest absolute Gasteiger partial charge is 0.478 e. The quantitative estimate of drug-likeness (QED) is 0.733. The number of pyridine rings is 2. The van der Waals surface area contributed by atoms with Gasteiger partial charge in [-0.15, -0.1) is 0 Å². The van der Waals surface area contributed by atoms with E-state index >= 15 is 0 Å². The standard InChI is InChI=1S/C12H7BrN4O2/c13-11-2-1-7(3-15-11)17-10-6-14-4-9(12(18)19)8(10)5-16-17/h1-6H,(H,18,19). The summed E-state index contributed by atoms with van der Waals surface area (Å²) in [4.78, 5) is 19.2. The molecular formula is C12H7BrN4O2. The summed E-state index contributed by atoms with van der Waals surface area (Å²) in [5.74, 6) is -1.02. The maximum atomic E-state index is 11.1. The zero-order chi connectivity index (χ0) is 13.4. The van der Waals surface area contributed by atoms with Crippen LogP contribution in [-0.4, -0.2) is 30.8 Å². The van der Waals surface area contributed by atoms with Crippen molar-refractivity contribution in [3.63, 3.8) is 0 Å². The molecule has 19 heavy (non-hydrogen) atoms. The van der Waals surface area contributed by atoms with Crippen LogP contribution in [0.4, 0.5) is 0 Å². The maximum Gasteiger partial charge on any atom is 0.338 e. The number of nitrogens with zero attached hydrogens (tertiary/aromatic N) is 4. The molecule has 0 bridgehead atoms. The topological polar surface area (TPSA) is 80.9 Å². The molecule has 3 aromatic rings. The zero-order valence-corrected chi connectivity index (χ0v) is 11.1. The normalized spacial score (nSPS) is 10.8. The zero-order valence-electron chi connectivity index (χ0n) is 9.49. The smallest absolute Gasteiger partial charge is 0.338 e. The molecule has 0 fully saturated rings. The minimum absolute atomic E-state index is 0.133. The highest BCUT2D eigenvalue weighted by molar-refractivity contribution is 9.10. The lowest BCUT2D eigenvalue weighted by atomic mass is 10.2. The van der Waals surface area contributed by atoms with Crippen molar-refractivity contribution in [2.45, 2.75) is 0 Å². The van der Waals surface area contributed by atoms with E-state index in [9.17, 15) is 4.79 Å². The molecule has 7 heteroatoms. The molecular weight excluding hydrogens is 312 g/mol. The number of hydrogen-bond donors (Lipinski definition) is 1. The number of halogens is 1. The predicted octanol–water partition coefficient (Wildman–Crippen LogP) is 2.28. The fraction of sp³-hybridized carbons (Fsp3) is 0. The van der Waals surface area contributed by atoms with Gasteiger partial charge in [0.25, 0.3) is 0 Å². The summed E-state index contributed by atoms with van der Waals surface area (Å²) in [6.07, 6.45) is 6.06. The summed E-state index contributed by atoms with van der Waals surface area (Å²) in [5, 5.41) is 13.8. The van der Waals surface area contributed by atoms with Gasteiger partial charge in [0.15, 0.2) is 0 Å². The van der Waals surface area contributed by atoms with Gasteiger partial charge in [-0.25, -0.2) is 14.5 Å². The SMILES string of the molecule is O=C(O)c1cncc2c1cnn2-c1ccc(Br)nc1. The average Bonchev–Trinajstić information content (AvgIpc) is 2.83. The predicted molar refractivity (Wildman–Crippen MR) is 71.3 cm³/mol. The molecule has 94 valence electrons. The Morgan fingerprint density at radius 3 is 2.74 bits per heavy atom. The maximum absolute atomic E-state index is 11.1. The van der Waals surface area contributed by atoms with Crippen LogP contribution in [-0.2, 0) is 0 Å². The highest BCUT2D eigenvalue weighted by Crippen LogP contribution is 2.20. The van der Waals surface area contributed by atoms with Crippen molar-refractivity contribution < 1.29 is 9.90 Å². The Morgan fingerprint density at radius 1 is 1.21 bits per heavy atom. The van der Waals surface area contributed by atoms with Crippen molar-refractivity contribution in [2.24, 2.45) is 0 Å². The fourth-order valence-electron chi connectivity index (χ4n) is 1.81. The summed E-state index contributed by atoms with van der Waals surface area (Å²) in [6, 6.07) is 3.62.